The number of nitrogens with two attached hydrogens (primary N) is 2. The number of anilines is 3. The van der Waals surface area contributed by atoms with Gasteiger partial charge in [-0.15, -0.1) is 0 Å². The first-order valence-electron chi connectivity index (χ1n) is 11.8. The Balaban J connectivity index is 1.34. The number of carbonyl (C=O) groups is 1. The van der Waals surface area contributed by atoms with Crippen molar-refractivity contribution in [3.8, 4) is 11.3 Å². The van der Waals surface area contributed by atoms with Crippen LogP contribution in [-0.4, -0.2) is 65.4 Å². The number of likely N-dealkylation sites (N-methyl/N-ethyl adjacent to an activating group) is 1. The van der Waals surface area contributed by atoms with Crippen LogP contribution in [0.2, 0.25) is 0 Å². The highest BCUT2D eigenvalue weighted by molar-refractivity contribution is 5.79. The van der Waals surface area contributed by atoms with Gasteiger partial charge in [-0.3, -0.25) is 4.79 Å². The van der Waals surface area contributed by atoms with Gasteiger partial charge in [0, 0.05) is 56.6 Å². The summed E-state index contributed by atoms with van der Waals surface area (Å²) in [6.07, 6.45) is 1.23. The second-order valence-corrected chi connectivity index (χ2v) is 9.23. The van der Waals surface area contributed by atoms with Gasteiger partial charge in [0.25, 0.3) is 0 Å². The minimum absolute atomic E-state index is 0.129. The Labute approximate surface area is 200 Å². The number of amides is 1. The Morgan fingerprint density at radius 3 is 2.44 bits per heavy atom. The Morgan fingerprint density at radius 1 is 0.912 bits per heavy atom. The minimum atomic E-state index is 0.129. The van der Waals surface area contributed by atoms with Crippen LogP contribution in [0.3, 0.4) is 0 Å². The molecule has 8 nitrogen and oxygen atoms in total. The summed E-state index contributed by atoms with van der Waals surface area (Å²) in [4.78, 5) is 28.5. The van der Waals surface area contributed by atoms with Crippen molar-refractivity contribution in [1.82, 2.24) is 19.8 Å². The van der Waals surface area contributed by atoms with E-state index in [0.29, 0.717) is 18.7 Å². The lowest BCUT2D eigenvalue weighted by Gasteiger charge is -2.33. The summed E-state index contributed by atoms with van der Waals surface area (Å²) in [7, 11) is 2.13. The number of fused-ring (bicyclic) bond motifs is 1. The molecule has 1 aromatic heterocycles. The largest absolute Gasteiger partial charge is 0.399 e. The number of piperazine rings is 1. The van der Waals surface area contributed by atoms with Gasteiger partial charge in [-0.2, -0.15) is 4.98 Å². The van der Waals surface area contributed by atoms with Crippen molar-refractivity contribution in [2.45, 2.75) is 19.4 Å². The van der Waals surface area contributed by atoms with E-state index in [1.165, 1.54) is 5.56 Å². The molecule has 1 fully saturated rings. The topological polar surface area (TPSA) is 105 Å². The van der Waals surface area contributed by atoms with Gasteiger partial charge in [0.05, 0.1) is 12.1 Å². The van der Waals surface area contributed by atoms with Gasteiger partial charge in [0.1, 0.15) is 5.82 Å². The van der Waals surface area contributed by atoms with Gasteiger partial charge in [-0.1, -0.05) is 24.3 Å². The molecular weight excluding hydrogens is 426 g/mol. The number of hydrogen-bond donors (Lipinski definition) is 2. The molecule has 8 heteroatoms. The van der Waals surface area contributed by atoms with E-state index in [2.05, 4.69) is 45.0 Å². The van der Waals surface area contributed by atoms with Crippen molar-refractivity contribution in [2.75, 3.05) is 56.1 Å². The lowest BCUT2D eigenvalue weighted by atomic mass is 9.95. The monoisotopic (exact) mass is 457 g/mol. The maximum absolute atomic E-state index is 13.0. The quantitative estimate of drug-likeness (QED) is 0.579. The molecule has 4 N–H and O–H groups in total. The second-order valence-electron chi connectivity index (χ2n) is 9.23. The lowest BCUT2D eigenvalue weighted by Crippen LogP contribution is -2.44. The van der Waals surface area contributed by atoms with E-state index in [9.17, 15) is 4.79 Å². The van der Waals surface area contributed by atoms with E-state index in [1.807, 2.05) is 35.2 Å². The van der Waals surface area contributed by atoms with E-state index in [0.717, 1.165) is 67.3 Å². The summed E-state index contributed by atoms with van der Waals surface area (Å²) in [6, 6.07) is 15.9. The van der Waals surface area contributed by atoms with Crippen LogP contribution < -0.4 is 16.4 Å². The Kier molecular flexibility index (Phi) is 6.06. The van der Waals surface area contributed by atoms with Crippen LogP contribution in [0.5, 0.6) is 0 Å². The molecule has 0 radical (unpaired) electrons. The Morgan fingerprint density at radius 2 is 1.68 bits per heavy atom. The second kappa shape index (κ2) is 9.30. The third-order valence-corrected chi connectivity index (χ3v) is 6.76. The lowest BCUT2D eigenvalue weighted by molar-refractivity contribution is -0.131. The average Bonchev–Trinajstić information content (AvgIpc) is 2.85. The zero-order chi connectivity index (χ0) is 23.7. The zero-order valence-corrected chi connectivity index (χ0v) is 19.6. The van der Waals surface area contributed by atoms with E-state index in [4.69, 9.17) is 11.5 Å². The molecule has 0 bridgehead atoms. The van der Waals surface area contributed by atoms with Gasteiger partial charge in [-0.05, 0) is 48.4 Å². The van der Waals surface area contributed by atoms with Crippen LogP contribution in [0.1, 0.15) is 16.7 Å². The number of benzene rings is 2. The molecule has 0 aliphatic carbocycles. The predicted molar refractivity (Wildman–Crippen MR) is 135 cm³/mol. The minimum Gasteiger partial charge on any atom is -0.399 e. The van der Waals surface area contributed by atoms with Crippen LogP contribution in [0.25, 0.3) is 11.3 Å². The van der Waals surface area contributed by atoms with Crippen molar-refractivity contribution in [1.29, 1.82) is 0 Å². The molecule has 3 aromatic rings. The van der Waals surface area contributed by atoms with Crippen molar-refractivity contribution < 1.29 is 4.79 Å². The van der Waals surface area contributed by atoms with Gasteiger partial charge in [0.15, 0.2) is 0 Å². The number of nitrogens with zero attached hydrogens (tertiary/aromatic N) is 5. The number of aromatic nitrogens is 2. The van der Waals surface area contributed by atoms with Gasteiger partial charge < -0.3 is 26.2 Å². The van der Waals surface area contributed by atoms with Crippen LogP contribution in [0.15, 0.2) is 48.5 Å². The standard InChI is InChI=1S/C26H31N7O/c1-31-10-12-32(13-11-31)24-16-23(29-26(28)30-24)20-5-4-19-8-9-33(17-21(19)15-20)25(34)14-18-2-6-22(27)7-3-18/h2-7,15-16H,8-14,17,27H2,1H3,(H2,28,29,30). The normalized spacial score (nSPS) is 16.4. The molecule has 3 heterocycles. The average molecular weight is 458 g/mol. The highest BCUT2D eigenvalue weighted by atomic mass is 16.2. The fraction of sp³-hybridized carbons (Fsp3) is 0.346. The third kappa shape index (κ3) is 4.82. The Hall–Kier alpha value is -3.65. The summed E-state index contributed by atoms with van der Waals surface area (Å²) >= 11 is 0. The number of rotatable bonds is 4. The number of nitrogen functional groups attached to an aromatic ring is 2. The van der Waals surface area contributed by atoms with Crippen LogP contribution in [-0.2, 0) is 24.2 Å². The van der Waals surface area contributed by atoms with Crippen LogP contribution in [0.4, 0.5) is 17.5 Å². The fourth-order valence-corrected chi connectivity index (χ4v) is 4.65. The maximum atomic E-state index is 13.0. The molecule has 2 aromatic carbocycles. The number of carbonyl (C=O) groups excluding carboxylic acids is 1. The summed E-state index contributed by atoms with van der Waals surface area (Å²) in [6.45, 7) is 5.16. The van der Waals surface area contributed by atoms with Crippen molar-refractivity contribution in [3.05, 3.63) is 65.2 Å². The molecule has 0 atom stereocenters. The van der Waals surface area contributed by atoms with E-state index < -0.39 is 0 Å². The molecule has 1 amide bonds. The van der Waals surface area contributed by atoms with Gasteiger partial charge in [-0.25, -0.2) is 4.98 Å². The van der Waals surface area contributed by atoms with Crippen LogP contribution in [0, 0.1) is 0 Å². The number of hydrogen-bond acceptors (Lipinski definition) is 7. The maximum Gasteiger partial charge on any atom is 0.227 e. The van der Waals surface area contributed by atoms with Crippen LogP contribution >= 0.6 is 0 Å². The Bertz CT molecular complexity index is 1190. The summed E-state index contributed by atoms with van der Waals surface area (Å²) < 4.78 is 0. The zero-order valence-electron chi connectivity index (χ0n) is 19.6. The summed E-state index contributed by atoms with van der Waals surface area (Å²) in [5.74, 6) is 1.28. The first kappa shape index (κ1) is 22.2. The molecule has 2 aliphatic heterocycles. The fourth-order valence-electron chi connectivity index (χ4n) is 4.65. The van der Waals surface area contributed by atoms with Crippen molar-refractivity contribution >= 4 is 23.4 Å². The molecule has 0 unspecified atom stereocenters. The molecule has 176 valence electrons. The summed E-state index contributed by atoms with van der Waals surface area (Å²) in [5, 5.41) is 0. The molecule has 5 rings (SSSR count). The van der Waals surface area contributed by atoms with Crippen molar-refractivity contribution in [2.24, 2.45) is 0 Å². The SMILES string of the molecule is CN1CCN(c2cc(-c3ccc4c(c3)CN(C(=O)Cc3ccc(N)cc3)CC4)nc(N)n2)CC1. The molecule has 1 saturated heterocycles. The first-order valence-corrected chi connectivity index (χ1v) is 11.8. The van der Waals surface area contributed by atoms with E-state index >= 15 is 0 Å². The molecule has 2 aliphatic rings. The smallest absolute Gasteiger partial charge is 0.227 e. The highest BCUT2D eigenvalue weighted by Gasteiger charge is 2.22. The van der Waals surface area contributed by atoms with Crippen molar-refractivity contribution in [3.63, 3.8) is 0 Å². The van der Waals surface area contributed by atoms with E-state index in [1.54, 1.807) is 0 Å². The van der Waals surface area contributed by atoms with Gasteiger partial charge in [0.2, 0.25) is 11.9 Å². The molecule has 0 saturated carbocycles. The molecule has 0 spiro atoms. The predicted octanol–water partition coefficient (Wildman–Crippen LogP) is 2.19. The molecule has 34 heavy (non-hydrogen) atoms. The highest BCUT2D eigenvalue weighted by Crippen LogP contribution is 2.28. The first-order chi connectivity index (χ1) is 16.4. The van der Waals surface area contributed by atoms with E-state index in [-0.39, 0.29) is 11.9 Å². The third-order valence-electron chi connectivity index (χ3n) is 6.76. The van der Waals surface area contributed by atoms with Gasteiger partial charge >= 0.3 is 0 Å². The summed E-state index contributed by atoms with van der Waals surface area (Å²) in [5.41, 5.74) is 17.8. The molecular formula is C26H31N7O.